The van der Waals surface area contributed by atoms with Crippen LogP contribution in [0.2, 0.25) is 0 Å². The Morgan fingerprint density at radius 2 is 2.00 bits per heavy atom. The second-order valence-electron chi connectivity index (χ2n) is 4.65. The Hall–Kier alpha value is -2.89. The van der Waals surface area contributed by atoms with Crippen LogP contribution < -0.4 is 20.5 Å². The molecule has 4 N–H and O–H groups in total. The molecule has 2 aromatic carbocycles. The van der Waals surface area contributed by atoms with Gasteiger partial charge in [0.05, 0.1) is 5.56 Å². The number of nitrogens with two attached hydrogens (primary N) is 1. The van der Waals surface area contributed by atoms with Crippen molar-refractivity contribution in [2.24, 2.45) is 0 Å². The second kappa shape index (κ2) is 5.24. The van der Waals surface area contributed by atoms with Crippen LogP contribution in [0.15, 0.2) is 36.4 Å². The number of anilines is 2. The van der Waals surface area contributed by atoms with E-state index >= 15 is 0 Å². The van der Waals surface area contributed by atoms with Gasteiger partial charge in [-0.05, 0) is 35.9 Å². The maximum Gasteiger partial charge on any atom is 0.337 e. The van der Waals surface area contributed by atoms with E-state index in [0.717, 1.165) is 17.1 Å². The number of benzene rings is 2. The zero-order valence-corrected chi connectivity index (χ0v) is 11.1. The fraction of sp³-hybridized carbons (Fsp3) is 0.133. The van der Waals surface area contributed by atoms with E-state index in [4.69, 9.17) is 20.3 Å². The minimum absolute atomic E-state index is 0.0886. The van der Waals surface area contributed by atoms with Crippen molar-refractivity contribution in [3.8, 4) is 11.5 Å². The average Bonchev–Trinajstić information content (AvgIpc) is 2.93. The third kappa shape index (κ3) is 2.69. The lowest BCUT2D eigenvalue weighted by molar-refractivity contribution is 0.0698. The van der Waals surface area contributed by atoms with Crippen LogP contribution in [0.1, 0.15) is 15.9 Å². The summed E-state index contributed by atoms with van der Waals surface area (Å²) in [5.74, 6) is 0.413. The van der Waals surface area contributed by atoms with Crippen molar-refractivity contribution >= 4 is 17.3 Å². The number of aromatic carboxylic acids is 1. The number of hydrogen-bond acceptors (Lipinski definition) is 5. The molecule has 0 radical (unpaired) electrons. The quantitative estimate of drug-likeness (QED) is 0.747. The maximum absolute atomic E-state index is 11.0. The van der Waals surface area contributed by atoms with Gasteiger partial charge in [-0.25, -0.2) is 4.79 Å². The first kappa shape index (κ1) is 13.1. The first-order valence-corrected chi connectivity index (χ1v) is 6.39. The van der Waals surface area contributed by atoms with E-state index in [2.05, 4.69) is 5.32 Å². The fourth-order valence-corrected chi connectivity index (χ4v) is 2.11. The lowest BCUT2D eigenvalue weighted by Crippen LogP contribution is -2.05. The number of rotatable bonds is 4. The number of carbonyl (C=O) groups is 1. The first-order chi connectivity index (χ1) is 10.1. The molecule has 108 valence electrons. The van der Waals surface area contributed by atoms with E-state index in [0.29, 0.717) is 12.2 Å². The Balaban J connectivity index is 1.73. The molecular formula is C15H14N2O4. The summed E-state index contributed by atoms with van der Waals surface area (Å²) < 4.78 is 10.6. The molecule has 0 unspecified atom stereocenters. The topological polar surface area (TPSA) is 93.8 Å². The lowest BCUT2D eigenvalue weighted by atomic mass is 10.1. The highest BCUT2D eigenvalue weighted by atomic mass is 16.7. The minimum Gasteiger partial charge on any atom is -0.478 e. The van der Waals surface area contributed by atoms with E-state index < -0.39 is 5.97 Å². The molecule has 6 heteroatoms. The van der Waals surface area contributed by atoms with Gasteiger partial charge >= 0.3 is 5.97 Å². The molecular weight excluding hydrogens is 272 g/mol. The van der Waals surface area contributed by atoms with Gasteiger partial charge in [0.2, 0.25) is 6.79 Å². The molecule has 1 heterocycles. The van der Waals surface area contributed by atoms with Crippen molar-refractivity contribution in [2.45, 2.75) is 6.54 Å². The van der Waals surface area contributed by atoms with E-state index in [1.54, 1.807) is 12.1 Å². The van der Waals surface area contributed by atoms with Crippen LogP contribution in [0.25, 0.3) is 0 Å². The molecule has 0 fully saturated rings. The van der Waals surface area contributed by atoms with E-state index in [1.165, 1.54) is 6.07 Å². The van der Waals surface area contributed by atoms with Crippen LogP contribution in [-0.4, -0.2) is 17.9 Å². The number of hydrogen-bond donors (Lipinski definition) is 3. The normalized spacial score (nSPS) is 12.2. The van der Waals surface area contributed by atoms with E-state index in [-0.39, 0.29) is 18.0 Å². The van der Waals surface area contributed by atoms with Crippen molar-refractivity contribution < 1.29 is 19.4 Å². The summed E-state index contributed by atoms with van der Waals surface area (Å²) in [7, 11) is 0. The molecule has 1 aliphatic rings. The predicted molar refractivity (Wildman–Crippen MR) is 77.7 cm³/mol. The zero-order chi connectivity index (χ0) is 14.8. The largest absolute Gasteiger partial charge is 0.478 e. The molecule has 0 saturated heterocycles. The number of nitrogens with one attached hydrogen (secondary N) is 1. The SMILES string of the molecule is Nc1ccc(NCc2ccc3c(c2)OCO3)cc1C(=O)O. The first-order valence-electron chi connectivity index (χ1n) is 6.39. The van der Waals surface area contributed by atoms with Crippen molar-refractivity contribution in [1.82, 2.24) is 0 Å². The maximum atomic E-state index is 11.0. The van der Waals surface area contributed by atoms with Crippen LogP contribution in [0.4, 0.5) is 11.4 Å². The van der Waals surface area contributed by atoms with Gasteiger partial charge in [0, 0.05) is 17.9 Å². The van der Waals surface area contributed by atoms with E-state index in [9.17, 15) is 4.79 Å². The van der Waals surface area contributed by atoms with Crippen LogP contribution in [0.5, 0.6) is 11.5 Å². The monoisotopic (exact) mass is 286 g/mol. The Morgan fingerprint density at radius 1 is 1.19 bits per heavy atom. The fourth-order valence-electron chi connectivity index (χ4n) is 2.11. The summed E-state index contributed by atoms with van der Waals surface area (Å²) in [5, 5.41) is 12.2. The van der Waals surface area contributed by atoms with Gasteiger partial charge in [-0.3, -0.25) is 0 Å². The van der Waals surface area contributed by atoms with Crippen molar-refractivity contribution in [2.75, 3.05) is 17.8 Å². The summed E-state index contributed by atoms with van der Waals surface area (Å²) in [5.41, 5.74) is 7.66. The predicted octanol–water partition coefficient (Wildman–Crippen LogP) is 2.31. The molecule has 1 aliphatic heterocycles. The third-order valence-corrected chi connectivity index (χ3v) is 3.22. The summed E-state index contributed by atoms with van der Waals surface area (Å²) in [6.45, 7) is 0.783. The summed E-state index contributed by atoms with van der Waals surface area (Å²) in [6, 6.07) is 10.5. The zero-order valence-electron chi connectivity index (χ0n) is 11.1. The van der Waals surface area contributed by atoms with Crippen LogP contribution >= 0.6 is 0 Å². The Bertz CT molecular complexity index is 700. The molecule has 6 nitrogen and oxygen atoms in total. The molecule has 0 saturated carbocycles. The molecule has 0 atom stereocenters. The van der Waals surface area contributed by atoms with Crippen LogP contribution in [0, 0.1) is 0 Å². The van der Waals surface area contributed by atoms with Crippen molar-refractivity contribution in [3.63, 3.8) is 0 Å². The highest BCUT2D eigenvalue weighted by Gasteiger charge is 2.13. The smallest absolute Gasteiger partial charge is 0.337 e. The van der Waals surface area contributed by atoms with Gasteiger partial charge in [-0.2, -0.15) is 0 Å². The summed E-state index contributed by atoms with van der Waals surface area (Å²) in [6.07, 6.45) is 0. The minimum atomic E-state index is -1.04. The van der Waals surface area contributed by atoms with Crippen LogP contribution in [-0.2, 0) is 6.54 Å². The van der Waals surface area contributed by atoms with Crippen LogP contribution in [0.3, 0.4) is 0 Å². The van der Waals surface area contributed by atoms with Gasteiger partial charge in [-0.15, -0.1) is 0 Å². The van der Waals surface area contributed by atoms with Gasteiger partial charge in [0.1, 0.15) is 0 Å². The third-order valence-electron chi connectivity index (χ3n) is 3.22. The number of fused-ring (bicyclic) bond motifs is 1. The molecule has 0 aromatic heterocycles. The molecule has 0 spiro atoms. The number of carboxylic acid groups (broad SMARTS) is 1. The summed E-state index contributed by atoms with van der Waals surface area (Å²) >= 11 is 0. The Kier molecular flexibility index (Phi) is 3.27. The van der Waals surface area contributed by atoms with Gasteiger partial charge < -0.3 is 25.6 Å². The van der Waals surface area contributed by atoms with Gasteiger partial charge in [-0.1, -0.05) is 6.07 Å². The highest BCUT2D eigenvalue weighted by molar-refractivity contribution is 5.94. The lowest BCUT2D eigenvalue weighted by Gasteiger charge is -2.09. The molecule has 0 amide bonds. The molecule has 21 heavy (non-hydrogen) atoms. The molecule has 0 aliphatic carbocycles. The summed E-state index contributed by atoms with van der Waals surface area (Å²) in [4.78, 5) is 11.0. The van der Waals surface area contributed by atoms with Crippen molar-refractivity contribution in [1.29, 1.82) is 0 Å². The van der Waals surface area contributed by atoms with Gasteiger partial charge in [0.15, 0.2) is 11.5 Å². The molecule has 0 bridgehead atoms. The van der Waals surface area contributed by atoms with Crippen molar-refractivity contribution in [3.05, 3.63) is 47.5 Å². The Morgan fingerprint density at radius 3 is 2.81 bits per heavy atom. The molecule has 3 rings (SSSR count). The number of nitrogen functional groups attached to an aromatic ring is 1. The standard InChI is InChI=1S/C15H14N2O4/c16-12-3-2-10(6-11(12)15(18)19)17-7-9-1-4-13-14(5-9)21-8-20-13/h1-6,17H,7-8,16H2,(H,18,19). The Labute approximate surface area is 121 Å². The molecule has 2 aromatic rings. The van der Waals surface area contributed by atoms with Gasteiger partial charge in [0.25, 0.3) is 0 Å². The number of carboxylic acids is 1. The highest BCUT2D eigenvalue weighted by Crippen LogP contribution is 2.32. The van der Waals surface area contributed by atoms with E-state index in [1.807, 2.05) is 18.2 Å². The number of ether oxygens (including phenoxy) is 2. The average molecular weight is 286 g/mol. The second-order valence-corrected chi connectivity index (χ2v) is 4.65.